The Bertz CT molecular complexity index is 1130. The molecule has 0 spiro atoms. The Morgan fingerprint density at radius 2 is 1.36 bits per heavy atom. The Morgan fingerprint density at radius 3 is 1.83 bits per heavy atom. The third-order valence-corrected chi connectivity index (χ3v) is 6.35. The minimum absolute atomic E-state index is 0.120. The van der Waals surface area contributed by atoms with Crippen LogP contribution in [0.4, 0.5) is 0 Å². The molecule has 0 aliphatic rings. The van der Waals surface area contributed by atoms with Crippen molar-refractivity contribution >= 4 is 17.6 Å². The van der Waals surface area contributed by atoms with Crippen LogP contribution < -0.4 is 22.5 Å². The lowest BCUT2D eigenvalue weighted by molar-refractivity contribution is -0.137. The van der Waals surface area contributed by atoms with Gasteiger partial charge in [0, 0.05) is 0 Å². The summed E-state index contributed by atoms with van der Waals surface area (Å²) < 4.78 is 0. The number of nitrogens with one attached hydrogen (secondary N) is 1. The molecule has 0 aliphatic heterocycles. The fraction of sp³-hybridized carbons (Fsp3) is 0.276. The van der Waals surface area contributed by atoms with Crippen LogP contribution >= 0.6 is 0 Å². The zero-order chi connectivity index (χ0) is 26.1. The smallest absolute Gasteiger partial charge is 0.248 e. The summed E-state index contributed by atoms with van der Waals surface area (Å²) in [6.07, 6.45) is 0.678. The average molecular weight is 487 g/mol. The summed E-state index contributed by atoms with van der Waals surface area (Å²) in [4.78, 5) is 38.9. The van der Waals surface area contributed by atoms with Crippen LogP contribution in [0.25, 0.3) is 0 Å². The molecule has 7 nitrogen and oxygen atoms in total. The second kappa shape index (κ2) is 12.2. The van der Waals surface area contributed by atoms with Crippen molar-refractivity contribution in [3.05, 3.63) is 107 Å². The predicted molar refractivity (Wildman–Crippen MR) is 141 cm³/mol. The van der Waals surface area contributed by atoms with Crippen LogP contribution in [0.2, 0.25) is 0 Å². The molecule has 0 aromatic heterocycles. The third kappa shape index (κ3) is 6.44. The van der Waals surface area contributed by atoms with Crippen molar-refractivity contribution in [3.63, 3.8) is 0 Å². The summed E-state index contributed by atoms with van der Waals surface area (Å²) in [6, 6.07) is 25.5. The van der Waals surface area contributed by atoms with Crippen LogP contribution in [-0.4, -0.2) is 29.7 Å². The lowest BCUT2D eigenvalue weighted by atomic mass is 9.76. The van der Waals surface area contributed by atoms with Crippen LogP contribution in [-0.2, 0) is 20.8 Å². The van der Waals surface area contributed by atoms with E-state index in [9.17, 15) is 14.4 Å². The Hall–Kier alpha value is -3.81. The van der Waals surface area contributed by atoms with E-state index in [1.165, 1.54) is 0 Å². The van der Waals surface area contributed by atoms with Gasteiger partial charge in [0.15, 0.2) is 11.3 Å². The standard InChI is InChI=1S/C29H34N4O3/c1-20(22-15-13-21(14-16-22)19-25(31)34)33-28(36)29(32,17-8-18-30)27(35)26(23-9-4-2-5-10-23)24-11-6-3-7-12-24/h2-7,9-16,20,26H,8,17-19,30,32H2,1H3,(H2,31,34)(H,33,36)/t20-,29+/m0/s1. The number of benzene rings is 3. The van der Waals surface area contributed by atoms with Gasteiger partial charge in [-0.05, 0) is 48.6 Å². The highest BCUT2D eigenvalue weighted by Crippen LogP contribution is 2.31. The largest absolute Gasteiger partial charge is 0.369 e. The van der Waals surface area contributed by atoms with E-state index in [4.69, 9.17) is 17.2 Å². The van der Waals surface area contributed by atoms with Gasteiger partial charge in [0.1, 0.15) is 0 Å². The summed E-state index contributed by atoms with van der Waals surface area (Å²) in [5.41, 5.74) is 19.0. The number of carbonyl (C=O) groups is 3. The Labute approximate surface area is 212 Å². The van der Waals surface area contributed by atoms with Gasteiger partial charge in [0.25, 0.3) is 0 Å². The first-order valence-electron chi connectivity index (χ1n) is 12.1. The first-order chi connectivity index (χ1) is 17.3. The topological polar surface area (TPSA) is 141 Å². The molecule has 188 valence electrons. The molecule has 0 heterocycles. The molecule has 0 radical (unpaired) electrons. The Kier molecular flexibility index (Phi) is 9.11. The predicted octanol–water partition coefficient (Wildman–Crippen LogP) is 2.73. The SMILES string of the molecule is C[C@H](NC(=O)[C@@](N)(CCCN)C(=O)C(c1ccccc1)c1ccccc1)c1ccc(CC(N)=O)cc1. The van der Waals surface area contributed by atoms with Gasteiger partial charge in [-0.15, -0.1) is 0 Å². The summed E-state index contributed by atoms with van der Waals surface area (Å²) in [7, 11) is 0. The lowest BCUT2D eigenvalue weighted by Crippen LogP contribution is -2.61. The molecule has 2 atom stereocenters. The van der Waals surface area contributed by atoms with Crippen molar-refractivity contribution in [1.29, 1.82) is 0 Å². The lowest BCUT2D eigenvalue weighted by Gasteiger charge is -2.32. The molecule has 0 saturated carbocycles. The molecule has 0 bridgehead atoms. The molecule has 7 heteroatoms. The Morgan fingerprint density at radius 1 is 0.833 bits per heavy atom. The van der Waals surface area contributed by atoms with Gasteiger partial charge in [-0.25, -0.2) is 0 Å². The number of nitrogens with two attached hydrogens (primary N) is 3. The number of ketones is 1. The molecule has 0 fully saturated rings. The van der Waals surface area contributed by atoms with Crippen molar-refractivity contribution in [2.24, 2.45) is 17.2 Å². The third-order valence-electron chi connectivity index (χ3n) is 6.35. The minimum Gasteiger partial charge on any atom is -0.369 e. The normalized spacial score (nSPS) is 13.6. The van der Waals surface area contributed by atoms with Gasteiger partial charge in [0.05, 0.1) is 18.4 Å². The summed E-state index contributed by atoms with van der Waals surface area (Å²) >= 11 is 0. The van der Waals surface area contributed by atoms with Gasteiger partial charge >= 0.3 is 0 Å². The van der Waals surface area contributed by atoms with Gasteiger partial charge in [0.2, 0.25) is 11.8 Å². The van der Waals surface area contributed by atoms with Crippen LogP contribution in [0.15, 0.2) is 84.9 Å². The van der Waals surface area contributed by atoms with Crippen molar-refractivity contribution in [1.82, 2.24) is 5.32 Å². The fourth-order valence-corrected chi connectivity index (χ4v) is 4.31. The summed E-state index contributed by atoms with van der Waals surface area (Å²) in [5.74, 6) is -2.05. The molecule has 7 N–H and O–H groups in total. The molecule has 3 aromatic carbocycles. The second-order valence-corrected chi connectivity index (χ2v) is 9.06. The van der Waals surface area contributed by atoms with E-state index in [1.54, 1.807) is 12.1 Å². The zero-order valence-electron chi connectivity index (χ0n) is 20.5. The molecule has 0 aliphatic carbocycles. The van der Waals surface area contributed by atoms with Crippen molar-refractivity contribution < 1.29 is 14.4 Å². The maximum Gasteiger partial charge on any atom is 0.248 e. The number of primary amides is 1. The van der Waals surface area contributed by atoms with Gasteiger partial charge < -0.3 is 22.5 Å². The molecule has 2 amide bonds. The van der Waals surface area contributed by atoms with E-state index in [0.717, 1.165) is 22.3 Å². The molecule has 3 rings (SSSR count). The molecule has 3 aromatic rings. The number of hydrogen-bond acceptors (Lipinski definition) is 5. The Balaban J connectivity index is 1.91. The highest BCUT2D eigenvalue weighted by molar-refractivity contribution is 6.14. The number of rotatable bonds is 12. The fourth-order valence-electron chi connectivity index (χ4n) is 4.31. The maximum absolute atomic E-state index is 14.1. The van der Waals surface area contributed by atoms with E-state index in [2.05, 4.69) is 5.32 Å². The van der Waals surface area contributed by atoms with Crippen LogP contribution in [0.3, 0.4) is 0 Å². The van der Waals surface area contributed by atoms with E-state index in [0.29, 0.717) is 13.0 Å². The van der Waals surface area contributed by atoms with Gasteiger partial charge in [-0.1, -0.05) is 84.9 Å². The summed E-state index contributed by atoms with van der Waals surface area (Å²) in [6.45, 7) is 2.12. The number of Topliss-reactive ketones (excluding diaryl/α,β-unsaturated/α-hetero) is 1. The molecule has 0 unspecified atom stereocenters. The monoisotopic (exact) mass is 486 g/mol. The van der Waals surface area contributed by atoms with Crippen molar-refractivity contribution in [3.8, 4) is 0 Å². The quantitative estimate of drug-likeness (QED) is 0.291. The van der Waals surface area contributed by atoms with Crippen molar-refractivity contribution in [2.45, 2.75) is 43.7 Å². The maximum atomic E-state index is 14.1. The molecular weight excluding hydrogens is 452 g/mol. The van der Waals surface area contributed by atoms with Crippen LogP contribution in [0, 0.1) is 0 Å². The second-order valence-electron chi connectivity index (χ2n) is 9.06. The zero-order valence-corrected chi connectivity index (χ0v) is 20.5. The summed E-state index contributed by atoms with van der Waals surface area (Å²) in [5, 5.41) is 2.93. The van der Waals surface area contributed by atoms with Crippen molar-refractivity contribution in [2.75, 3.05) is 6.54 Å². The highest BCUT2D eigenvalue weighted by Gasteiger charge is 2.45. The minimum atomic E-state index is -1.78. The van der Waals surface area contributed by atoms with Gasteiger partial charge in [-0.2, -0.15) is 0 Å². The van der Waals surface area contributed by atoms with Crippen LogP contribution in [0.1, 0.15) is 54.0 Å². The first kappa shape index (κ1) is 26.8. The first-order valence-corrected chi connectivity index (χ1v) is 12.1. The van der Waals surface area contributed by atoms with Crippen LogP contribution in [0.5, 0.6) is 0 Å². The number of hydrogen-bond donors (Lipinski definition) is 4. The van der Waals surface area contributed by atoms with E-state index >= 15 is 0 Å². The number of carbonyl (C=O) groups excluding carboxylic acids is 3. The number of amides is 2. The molecular formula is C29H34N4O3. The van der Waals surface area contributed by atoms with E-state index in [1.807, 2.05) is 79.7 Å². The average Bonchev–Trinajstić information content (AvgIpc) is 2.88. The molecule has 36 heavy (non-hydrogen) atoms. The molecule has 0 saturated heterocycles. The van der Waals surface area contributed by atoms with E-state index < -0.39 is 29.3 Å². The van der Waals surface area contributed by atoms with Gasteiger partial charge in [-0.3, -0.25) is 14.4 Å². The highest BCUT2D eigenvalue weighted by atomic mass is 16.2. The van der Waals surface area contributed by atoms with E-state index in [-0.39, 0.29) is 18.6 Å².